The SMILES string of the molecule is COc1cc(NC(=O)Nc2cccc(C)c2)c(C(=O)O)cc1OC. The number of methoxy groups -OCH3 is 2. The molecule has 2 amide bonds. The zero-order valence-corrected chi connectivity index (χ0v) is 13.5. The van der Waals surface area contributed by atoms with E-state index in [1.54, 1.807) is 12.1 Å². The number of carboxylic acids is 1. The molecule has 0 fully saturated rings. The number of nitrogens with one attached hydrogen (secondary N) is 2. The van der Waals surface area contributed by atoms with Crippen LogP contribution in [0.3, 0.4) is 0 Å². The lowest BCUT2D eigenvalue weighted by Crippen LogP contribution is -2.21. The molecule has 2 aromatic carbocycles. The molecular weight excluding hydrogens is 312 g/mol. The fourth-order valence-corrected chi connectivity index (χ4v) is 2.17. The first-order valence-corrected chi connectivity index (χ1v) is 7.08. The van der Waals surface area contributed by atoms with Gasteiger partial charge in [0.1, 0.15) is 0 Å². The first-order chi connectivity index (χ1) is 11.4. The molecule has 0 saturated carbocycles. The number of rotatable bonds is 5. The van der Waals surface area contributed by atoms with E-state index in [1.165, 1.54) is 26.4 Å². The van der Waals surface area contributed by atoms with E-state index in [2.05, 4.69) is 10.6 Å². The molecule has 24 heavy (non-hydrogen) atoms. The van der Waals surface area contributed by atoms with Crippen LogP contribution in [-0.4, -0.2) is 31.3 Å². The minimum Gasteiger partial charge on any atom is -0.493 e. The highest BCUT2D eigenvalue weighted by atomic mass is 16.5. The van der Waals surface area contributed by atoms with Crippen LogP contribution in [0.15, 0.2) is 36.4 Å². The Bertz CT molecular complexity index is 774. The molecule has 0 spiro atoms. The Balaban J connectivity index is 2.27. The molecule has 0 atom stereocenters. The zero-order chi connectivity index (χ0) is 17.7. The molecule has 7 nitrogen and oxygen atoms in total. The van der Waals surface area contributed by atoms with Gasteiger partial charge in [-0.15, -0.1) is 0 Å². The lowest BCUT2D eigenvalue weighted by Gasteiger charge is -2.14. The number of benzene rings is 2. The van der Waals surface area contributed by atoms with Gasteiger partial charge in [0.2, 0.25) is 0 Å². The molecule has 7 heteroatoms. The summed E-state index contributed by atoms with van der Waals surface area (Å²) in [4.78, 5) is 23.5. The van der Waals surface area contributed by atoms with Gasteiger partial charge >= 0.3 is 12.0 Å². The number of carbonyl (C=O) groups excluding carboxylic acids is 1. The van der Waals surface area contributed by atoms with Crippen molar-refractivity contribution in [1.29, 1.82) is 0 Å². The van der Waals surface area contributed by atoms with Gasteiger partial charge in [-0.05, 0) is 24.6 Å². The summed E-state index contributed by atoms with van der Waals surface area (Å²) >= 11 is 0. The fourth-order valence-electron chi connectivity index (χ4n) is 2.17. The lowest BCUT2D eigenvalue weighted by atomic mass is 10.1. The number of aromatic carboxylic acids is 1. The van der Waals surface area contributed by atoms with E-state index in [0.29, 0.717) is 11.4 Å². The first-order valence-electron chi connectivity index (χ1n) is 7.08. The fraction of sp³-hybridized carbons (Fsp3) is 0.176. The van der Waals surface area contributed by atoms with Crippen molar-refractivity contribution >= 4 is 23.4 Å². The van der Waals surface area contributed by atoms with Crippen LogP contribution in [0.5, 0.6) is 11.5 Å². The number of hydrogen-bond donors (Lipinski definition) is 3. The predicted molar refractivity (Wildman–Crippen MR) is 90.3 cm³/mol. The largest absolute Gasteiger partial charge is 0.493 e. The van der Waals surface area contributed by atoms with E-state index in [4.69, 9.17) is 9.47 Å². The number of hydrogen-bond acceptors (Lipinski definition) is 4. The summed E-state index contributed by atoms with van der Waals surface area (Å²) in [6.07, 6.45) is 0. The minimum atomic E-state index is -1.19. The van der Waals surface area contributed by atoms with Crippen LogP contribution in [0, 0.1) is 6.92 Å². The number of carbonyl (C=O) groups is 2. The highest BCUT2D eigenvalue weighted by Crippen LogP contribution is 2.33. The highest BCUT2D eigenvalue weighted by molar-refractivity contribution is 6.05. The molecule has 0 aliphatic heterocycles. The molecule has 0 heterocycles. The molecule has 3 N–H and O–H groups in total. The Hall–Kier alpha value is -3.22. The van der Waals surface area contributed by atoms with Gasteiger partial charge in [0, 0.05) is 17.8 Å². The molecule has 0 radical (unpaired) electrons. The normalized spacial score (nSPS) is 9.96. The van der Waals surface area contributed by atoms with Crippen molar-refractivity contribution in [2.24, 2.45) is 0 Å². The Kier molecular flexibility index (Phi) is 5.26. The van der Waals surface area contributed by atoms with Crippen molar-refractivity contribution in [2.45, 2.75) is 6.92 Å². The summed E-state index contributed by atoms with van der Waals surface area (Å²) in [6, 6.07) is 9.38. The zero-order valence-electron chi connectivity index (χ0n) is 13.5. The number of amides is 2. The molecule has 0 aliphatic rings. The van der Waals surface area contributed by atoms with E-state index in [-0.39, 0.29) is 17.0 Å². The van der Waals surface area contributed by atoms with E-state index in [1.807, 2.05) is 19.1 Å². The van der Waals surface area contributed by atoms with Gasteiger partial charge in [-0.25, -0.2) is 9.59 Å². The average molecular weight is 330 g/mol. The van der Waals surface area contributed by atoms with Gasteiger partial charge in [-0.1, -0.05) is 12.1 Å². The number of aryl methyl sites for hydroxylation is 1. The van der Waals surface area contributed by atoms with Crippen molar-refractivity contribution < 1.29 is 24.2 Å². The lowest BCUT2D eigenvalue weighted by molar-refractivity contribution is 0.0697. The van der Waals surface area contributed by atoms with E-state index >= 15 is 0 Å². The molecule has 2 rings (SSSR count). The van der Waals surface area contributed by atoms with Crippen LogP contribution in [0.4, 0.5) is 16.2 Å². The predicted octanol–water partition coefficient (Wildman–Crippen LogP) is 3.35. The summed E-state index contributed by atoms with van der Waals surface area (Å²) < 4.78 is 10.2. The molecule has 0 unspecified atom stereocenters. The van der Waals surface area contributed by atoms with Crippen LogP contribution < -0.4 is 20.1 Å². The van der Waals surface area contributed by atoms with E-state index in [9.17, 15) is 14.7 Å². The Morgan fingerprint density at radius 1 is 1.00 bits per heavy atom. The smallest absolute Gasteiger partial charge is 0.337 e. The quantitative estimate of drug-likeness (QED) is 0.781. The summed E-state index contributed by atoms with van der Waals surface area (Å²) in [6.45, 7) is 1.90. The van der Waals surface area contributed by atoms with Gasteiger partial charge in [0.25, 0.3) is 0 Å². The van der Waals surface area contributed by atoms with Crippen molar-refractivity contribution in [1.82, 2.24) is 0 Å². The average Bonchev–Trinajstić information content (AvgIpc) is 2.54. The maximum absolute atomic E-state index is 12.1. The van der Waals surface area contributed by atoms with E-state index < -0.39 is 12.0 Å². The first kappa shape index (κ1) is 17.1. The van der Waals surface area contributed by atoms with Gasteiger partial charge in [-0.3, -0.25) is 0 Å². The molecule has 2 aromatic rings. The van der Waals surface area contributed by atoms with Crippen molar-refractivity contribution in [2.75, 3.05) is 24.9 Å². The van der Waals surface area contributed by atoms with Crippen molar-refractivity contribution in [3.8, 4) is 11.5 Å². The van der Waals surface area contributed by atoms with Gasteiger partial charge in [0.05, 0.1) is 25.5 Å². The highest BCUT2D eigenvalue weighted by Gasteiger charge is 2.18. The monoisotopic (exact) mass is 330 g/mol. The second kappa shape index (κ2) is 7.36. The molecular formula is C17H18N2O5. The van der Waals surface area contributed by atoms with Crippen LogP contribution in [0.1, 0.15) is 15.9 Å². The molecule has 0 saturated heterocycles. The van der Waals surface area contributed by atoms with Gasteiger partial charge in [-0.2, -0.15) is 0 Å². The van der Waals surface area contributed by atoms with Crippen molar-refractivity contribution in [3.05, 3.63) is 47.5 Å². The number of anilines is 2. The number of carboxylic acid groups (broad SMARTS) is 1. The van der Waals surface area contributed by atoms with Crippen LogP contribution >= 0.6 is 0 Å². The number of ether oxygens (including phenoxy) is 2. The molecule has 126 valence electrons. The third-order valence-electron chi connectivity index (χ3n) is 3.28. The Morgan fingerprint density at radius 3 is 2.25 bits per heavy atom. The third-order valence-corrected chi connectivity index (χ3v) is 3.28. The second-order valence-electron chi connectivity index (χ2n) is 5.01. The summed E-state index contributed by atoms with van der Waals surface area (Å²) in [7, 11) is 2.83. The summed E-state index contributed by atoms with van der Waals surface area (Å²) in [5.41, 5.74) is 1.59. The standard InChI is InChI=1S/C17H18N2O5/c1-10-5-4-6-11(7-10)18-17(22)19-13-9-15(24-3)14(23-2)8-12(13)16(20)21/h4-9H,1-3H3,(H,20,21)(H2,18,19,22). The maximum atomic E-state index is 12.1. The topological polar surface area (TPSA) is 96.9 Å². The summed E-state index contributed by atoms with van der Waals surface area (Å²) in [5, 5.41) is 14.5. The molecule has 0 aliphatic carbocycles. The van der Waals surface area contributed by atoms with E-state index in [0.717, 1.165) is 5.56 Å². The summed E-state index contributed by atoms with van der Waals surface area (Å²) in [5.74, 6) is -0.616. The van der Waals surface area contributed by atoms with Crippen LogP contribution in [0.25, 0.3) is 0 Å². The van der Waals surface area contributed by atoms with Gasteiger partial charge in [0.15, 0.2) is 11.5 Å². The third kappa shape index (κ3) is 3.95. The van der Waals surface area contributed by atoms with Crippen molar-refractivity contribution in [3.63, 3.8) is 0 Å². The minimum absolute atomic E-state index is 0.102. The number of urea groups is 1. The Labute approximate surface area is 139 Å². The maximum Gasteiger partial charge on any atom is 0.337 e. The molecule has 0 bridgehead atoms. The van der Waals surface area contributed by atoms with Gasteiger partial charge < -0.3 is 25.2 Å². The second-order valence-corrected chi connectivity index (χ2v) is 5.01. The molecule has 0 aromatic heterocycles. The Morgan fingerprint density at radius 2 is 1.67 bits per heavy atom. The van der Waals surface area contributed by atoms with Crippen LogP contribution in [-0.2, 0) is 0 Å². The van der Waals surface area contributed by atoms with Crippen LogP contribution in [0.2, 0.25) is 0 Å².